The van der Waals surface area contributed by atoms with Gasteiger partial charge in [0, 0.05) is 12.5 Å². The highest BCUT2D eigenvalue weighted by molar-refractivity contribution is 7.80. The minimum Gasteiger partial charge on any atom is -0.497 e. The van der Waals surface area contributed by atoms with E-state index in [0.717, 1.165) is 23.5 Å². The topological polar surface area (TPSA) is 42.5 Å². The van der Waals surface area contributed by atoms with E-state index >= 15 is 0 Å². The number of nitrogens with one attached hydrogen (secondary N) is 2. The van der Waals surface area contributed by atoms with Crippen LogP contribution in [0.5, 0.6) is 11.5 Å². The molecule has 27 heavy (non-hydrogen) atoms. The van der Waals surface area contributed by atoms with Gasteiger partial charge in [-0.3, -0.25) is 0 Å². The van der Waals surface area contributed by atoms with Gasteiger partial charge in [0.05, 0.1) is 20.3 Å². The van der Waals surface area contributed by atoms with E-state index in [2.05, 4.69) is 48.4 Å². The first-order chi connectivity index (χ1) is 13.1. The summed E-state index contributed by atoms with van der Waals surface area (Å²) in [5, 5.41) is 7.26. The summed E-state index contributed by atoms with van der Waals surface area (Å²) >= 11 is 5.49. The average molecular weight is 385 g/mol. The predicted octanol–water partition coefficient (Wildman–Crippen LogP) is 4.59. The van der Waals surface area contributed by atoms with E-state index in [1.165, 1.54) is 5.56 Å². The van der Waals surface area contributed by atoms with Crippen molar-refractivity contribution in [3.8, 4) is 11.5 Å². The molecule has 2 aromatic carbocycles. The molecule has 0 aliphatic rings. The fourth-order valence-electron chi connectivity index (χ4n) is 3.10. The van der Waals surface area contributed by atoms with Gasteiger partial charge in [0.2, 0.25) is 0 Å². The van der Waals surface area contributed by atoms with Crippen molar-refractivity contribution >= 4 is 17.3 Å². The zero-order valence-electron chi connectivity index (χ0n) is 16.2. The predicted molar refractivity (Wildman–Crippen MR) is 116 cm³/mol. The summed E-state index contributed by atoms with van der Waals surface area (Å²) in [7, 11) is 3.35. The average Bonchev–Trinajstić information content (AvgIpc) is 2.72. The molecule has 4 nitrogen and oxygen atoms in total. The second-order valence-electron chi connectivity index (χ2n) is 6.18. The molecular formula is C22H28N2O2S. The number of ether oxygens (including phenoxy) is 2. The fourth-order valence-corrected chi connectivity index (χ4v) is 3.31. The third kappa shape index (κ3) is 5.73. The van der Waals surface area contributed by atoms with Gasteiger partial charge >= 0.3 is 0 Å². The zero-order chi connectivity index (χ0) is 19.6. The van der Waals surface area contributed by atoms with Gasteiger partial charge in [0.1, 0.15) is 11.5 Å². The van der Waals surface area contributed by atoms with E-state index in [1.54, 1.807) is 20.3 Å². The molecule has 144 valence electrons. The van der Waals surface area contributed by atoms with Crippen molar-refractivity contribution in [3.05, 3.63) is 72.3 Å². The monoisotopic (exact) mass is 384 g/mol. The minimum absolute atomic E-state index is 0.0270. The lowest BCUT2D eigenvalue weighted by atomic mass is 9.85. The van der Waals surface area contributed by atoms with Crippen molar-refractivity contribution < 1.29 is 9.47 Å². The van der Waals surface area contributed by atoms with Crippen molar-refractivity contribution in [2.24, 2.45) is 0 Å². The first-order valence-electron chi connectivity index (χ1n) is 9.06. The van der Waals surface area contributed by atoms with Gasteiger partial charge in [-0.05, 0) is 54.0 Å². The third-order valence-electron chi connectivity index (χ3n) is 4.55. The van der Waals surface area contributed by atoms with Crippen molar-refractivity contribution in [1.82, 2.24) is 10.6 Å². The molecule has 0 heterocycles. The lowest BCUT2D eigenvalue weighted by Gasteiger charge is -2.29. The number of hydrogen-bond acceptors (Lipinski definition) is 3. The van der Waals surface area contributed by atoms with E-state index in [4.69, 9.17) is 21.7 Å². The van der Waals surface area contributed by atoms with E-state index in [1.807, 2.05) is 24.3 Å². The standard InChI is InChI=1S/C22H28N2O2S/c1-5-15-23-22(27)24-21(17-9-13-19(26-4)14-10-17)20(6-2)16-7-11-18(25-3)12-8-16/h5,7-14,20-21H,1,6,15H2,2-4H3,(H2,23,24,27). The molecule has 0 amide bonds. The summed E-state index contributed by atoms with van der Waals surface area (Å²) in [4.78, 5) is 0. The molecule has 0 aliphatic heterocycles. The molecule has 2 rings (SSSR count). The quantitative estimate of drug-likeness (QED) is 0.489. The van der Waals surface area contributed by atoms with Crippen LogP contribution in [-0.4, -0.2) is 25.9 Å². The van der Waals surface area contributed by atoms with Crippen LogP contribution in [0.15, 0.2) is 61.2 Å². The highest BCUT2D eigenvalue weighted by Gasteiger charge is 2.24. The summed E-state index contributed by atoms with van der Waals surface area (Å²) < 4.78 is 10.6. The van der Waals surface area contributed by atoms with Crippen molar-refractivity contribution in [2.75, 3.05) is 20.8 Å². The van der Waals surface area contributed by atoms with Gasteiger partial charge in [0.25, 0.3) is 0 Å². The summed E-state index contributed by atoms with van der Waals surface area (Å²) in [6.45, 7) is 6.54. The summed E-state index contributed by atoms with van der Waals surface area (Å²) in [5.41, 5.74) is 2.39. The molecule has 2 atom stereocenters. The number of hydrogen-bond donors (Lipinski definition) is 2. The molecule has 0 aromatic heterocycles. The first-order valence-corrected chi connectivity index (χ1v) is 9.46. The van der Waals surface area contributed by atoms with Crippen LogP contribution in [-0.2, 0) is 0 Å². The number of benzene rings is 2. The molecule has 5 heteroatoms. The van der Waals surface area contributed by atoms with Crippen LogP contribution in [0.4, 0.5) is 0 Å². The Morgan fingerprint density at radius 2 is 1.52 bits per heavy atom. The maximum atomic E-state index is 5.49. The SMILES string of the molecule is C=CCNC(=S)NC(c1ccc(OC)cc1)C(CC)c1ccc(OC)cc1. The largest absolute Gasteiger partial charge is 0.497 e. The highest BCUT2D eigenvalue weighted by atomic mass is 32.1. The molecule has 0 aliphatic carbocycles. The van der Waals surface area contributed by atoms with Gasteiger partial charge in [-0.1, -0.05) is 37.3 Å². The van der Waals surface area contributed by atoms with Crippen LogP contribution in [0.25, 0.3) is 0 Å². The van der Waals surface area contributed by atoms with Gasteiger partial charge in [-0.15, -0.1) is 6.58 Å². The van der Waals surface area contributed by atoms with Gasteiger partial charge < -0.3 is 20.1 Å². The fraction of sp³-hybridized carbons (Fsp3) is 0.318. The number of methoxy groups -OCH3 is 2. The normalized spacial score (nSPS) is 12.6. The molecule has 0 fully saturated rings. The second-order valence-corrected chi connectivity index (χ2v) is 6.59. The highest BCUT2D eigenvalue weighted by Crippen LogP contribution is 2.35. The van der Waals surface area contributed by atoms with Crippen molar-refractivity contribution in [2.45, 2.75) is 25.3 Å². The van der Waals surface area contributed by atoms with Gasteiger partial charge in [-0.25, -0.2) is 0 Å². The molecule has 0 bridgehead atoms. The second kappa shape index (κ2) is 10.6. The van der Waals surface area contributed by atoms with Crippen LogP contribution >= 0.6 is 12.2 Å². The Kier molecular flexibility index (Phi) is 8.14. The number of rotatable bonds is 9. The van der Waals surface area contributed by atoms with Crippen LogP contribution in [0.1, 0.15) is 36.4 Å². The van der Waals surface area contributed by atoms with Gasteiger partial charge in [-0.2, -0.15) is 0 Å². The summed E-state index contributed by atoms with van der Waals surface area (Å²) in [5.74, 6) is 1.93. The van der Waals surface area contributed by atoms with Crippen LogP contribution in [0.3, 0.4) is 0 Å². The van der Waals surface area contributed by atoms with Crippen LogP contribution < -0.4 is 20.1 Å². The molecule has 2 aromatic rings. The lowest BCUT2D eigenvalue weighted by Crippen LogP contribution is -2.39. The molecular weight excluding hydrogens is 356 g/mol. The Bertz CT molecular complexity index is 729. The van der Waals surface area contributed by atoms with Crippen LogP contribution in [0, 0.1) is 0 Å². The maximum Gasteiger partial charge on any atom is 0.167 e. The summed E-state index contributed by atoms with van der Waals surface area (Å²) in [6, 6.07) is 16.4. The van der Waals surface area contributed by atoms with Crippen LogP contribution in [0.2, 0.25) is 0 Å². The Labute approximate surface area is 167 Å². The van der Waals surface area contributed by atoms with E-state index in [9.17, 15) is 0 Å². The third-order valence-corrected chi connectivity index (χ3v) is 4.82. The van der Waals surface area contributed by atoms with Crippen molar-refractivity contribution in [3.63, 3.8) is 0 Å². The Hall–Kier alpha value is -2.53. The molecule has 0 spiro atoms. The van der Waals surface area contributed by atoms with E-state index in [0.29, 0.717) is 11.7 Å². The Morgan fingerprint density at radius 1 is 1.00 bits per heavy atom. The maximum absolute atomic E-state index is 5.49. The molecule has 2 N–H and O–H groups in total. The minimum atomic E-state index is 0.0270. The molecule has 0 radical (unpaired) electrons. The molecule has 0 saturated carbocycles. The summed E-state index contributed by atoms with van der Waals surface area (Å²) in [6.07, 6.45) is 2.75. The molecule has 0 saturated heterocycles. The van der Waals surface area contributed by atoms with E-state index < -0.39 is 0 Å². The Balaban J connectivity index is 2.34. The molecule has 2 unspecified atom stereocenters. The zero-order valence-corrected chi connectivity index (χ0v) is 17.0. The number of thiocarbonyl (C=S) groups is 1. The van der Waals surface area contributed by atoms with Crippen molar-refractivity contribution in [1.29, 1.82) is 0 Å². The van der Waals surface area contributed by atoms with E-state index in [-0.39, 0.29) is 12.0 Å². The first kappa shape index (κ1) is 20.8. The lowest BCUT2D eigenvalue weighted by molar-refractivity contribution is 0.413. The Morgan fingerprint density at radius 3 is 1.96 bits per heavy atom. The van der Waals surface area contributed by atoms with Gasteiger partial charge in [0.15, 0.2) is 5.11 Å². The smallest absolute Gasteiger partial charge is 0.167 e.